The number of anilines is 1. The summed E-state index contributed by atoms with van der Waals surface area (Å²) in [6.45, 7) is 4.70. The van der Waals surface area contributed by atoms with Gasteiger partial charge in [0.15, 0.2) is 0 Å². The molecule has 0 aliphatic carbocycles. The summed E-state index contributed by atoms with van der Waals surface area (Å²) < 4.78 is 37.1. The fourth-order valence-electron chi connectivity index (χ4n) is 3.52. The Morgan fingerprint density at radius 2 is 1.68 bits per heavy atom. The Bertz CT molecular complexity index is 1240. The molecule has 3 rings (SSSR count). The van der Waals surface area contributed by atoms with Crippen molar-refractivity contribution in [3.8, 4) is 11.5 Å². The van der Waals surface area contributed by atoms with Crippen LogP contribution in [0.4, 0.5) is 5.69 Å². The molecule has 0 aromatic heterocycles. The lowest BCUT2D eigenvalue weighted by Gasteiger charge is -2.24. The summed E-state index contributed by atoms with van der Waals surface area (Å²) in [5.41, 5.74) is 3.87. The number of aryl methyl sites for hydroxylation is 2. The summed E-state index contributed by atoms with van der Waals surface area (Å²) in [4.78, 5) is 12.5. The van der Waals surface area contributed by atoms with Gasteiger partial charge in [0, 0.05) is 11.6 Å². The molecule has 0 aliphatic rings. The van der Waals surface area contributed by atoms with Crippen LogP contribution in [0.1, 0.15) is 27.0 Å². The van der Waals surface area contributed by atoms with E-state index in [4.69, 9.17) is 9.47 Å². The average Bonchev–Trinajstić information content (AvgIpc) is 2.80. The molecule has 3 aromatic rings. The van der Waals surface area contributed by atoms with E-state index in [2.05, 4.69) is 5.32 Å². The van der Waals surface area contributed by atoms with Crippen molar-refractivity contribution < 1.29 is 22.7 Å². The first-order valence-electron chi connectivity index (χ1n) is 10.9. The first-order chi connectivity index (χ1) is 16.2. The number of amides is 1. The van der Waals surface area contributed by atoms with Gasteiger partial charge in [0.2, 0.25) is 10.0 Å². The predicted octanol–water partition coefficient (Wildman–Crippen LogP) is 4.09. The monoisotopic (exact) mass is 482 g/mol. The van der Waals surface area contributed by atoms with Gasteiger partial charge in [0.1, 0.15) is 18.1 Å². The van der Waals surface area contributed by atoms with Crippen LogP contribution in [0.25, 0.3) is 0 Å². The second-order valence-corrected chi connectivity index (χ2v) is 9.95. The van der Waals surface area contributed by atoms with E-state index in [1.807, 2.05) is 50.2 Å². The van der Waals surface area contributed by atoms with Crippen LogP contribution in [0.5, 0.6) is 11.5 Å². The number of nitrogens with one attached hydrogen (secondary N) is 1. The lowest BCUT2D eigenvalue weighted by atomic mass is 10.1. The third-order valence-electron chi connectivity index (χ3n) is 5.26. The minimum atomic E-state index is -3.49. The number of carbonyl (C=O) groups excluding carboxylic acids is 1. The van der Waals surface area contributed by atoms with Crippen molar-refractivity contribution in [3.05, 3.63) is 89.0 Å². The minimum absolute atomic E-state index is 0.180. The Morgan fingerprint density at radius 3 is 2.32 bits per heavy atom. The lowest BCUT2D eigenvalue weighted by Crippen LogP contribution is -2.30. The molecule has 34 heavy (non-hydrogen) atoms. The summed E-state index contributed by atoms with van der Waals surface area (Å²) in [5.74, 6) is 1.14. The molecular weight excluding hydrogens is 452 g/mol. The molecule has 8 heteroatoms. The van der Waals surface area contributed by atoms with E-state index in [0.717, 1.165) is 16.7 Å². The maximum atomic E-state index is 12.5. The van der Waals surface area contributed by atoms with E-state index < -0.39 is 10.0 Å². The molecule has 0 atom stereocenters. The SMILES string of the molecule is COc1cccc(OCCNC(=O)c2ccc(CN(c3ccc(C)cc3C)S(C)(=O)=O)cc2)c1. The second kappa shape index (κ2) is 11.1. The van der Waals surface area contributed by atoms with Crippen LogP contribution in [0.3, 0.4) is 0 Å². The van der Waals surface area contributed by atoms with Crippen molar-refractivity contribution in [2.24, 2.45) is 0 Å². The maximum Gasteiger partial charge on any atom is 0.251 e. The number of rotatable bonds is 10. The van der Waals surface area contributed by atoms with E-state index >= 15 is 0 Å². The number of hydrogen-bond donors (Lipinski definition) is 1. The van der Waals surface area contributed by atoms with Crippen molar-refractivity contribution in [1.29, 1.82) is 0 Å². The van der Waals surface area contributed by atoms with Crippen molar-refractivity contribution in [2.45, 2.75) is 20.4 Å². The number of sulfonamides is 1. The zero-order valence-corrected chi connectivity index (χ0v) is 20.7. The quantitative estimate of drug-likeness (QED) is 0.440. The van der Waals surface area contributed by atoms with Crippen LogP contribution < -0.4 is 19.1 Å². The summed E-state index contributed by atoms with van der Waals surface area (Å²) in [5, 5.41) is 2.82. The van der Waals surface area contributed by atoms with Crippen molar-refractivity contribution in [3.63, 3.8) is 0 Å². The Morgan fingerprint density at radius 1 is 0.971 bits per heavy atom. The van der Waals surface area contributed by atoms with Crippen LogP contribution >= 0.6 is 0 Å². The van der Waals surface area contributed by atoms with Gasteiger partial charge in [-0.25, -0.2) is 8.42 Å². The third-order valence-corrected chi connectivity index (χ3v) is 6.39. The summed E-state index contributed by atoms with van der Waals surface area (Å²) >= 11 is 0. The summed E-state index contributed by atoms with van der Waals surface area (Å²) in [6, 6.07) is 19.8. The molecule has 0 unspecified atom stereocenters. The summed E-state index contributed by atoms with van der Waals surface area (Å²) in [6.07, 6.45) is 1.20. The molecule has 1 N–H and O–H groups in total. The highest BCUT2D eigenvalue weighted by atomic mass is 32.2. The molecule has 1 amide bonds. The fourth-order valence-corrected chi connectivity index (χ4v) is 4.47. The normalized spacial score (nSPS) is 11.1. The van der Waals surface area contributed by atoms with Crippen LogP contribution in [0.2, 0.25) is 0 Å². The number of hydrogen-bond acceptors (Lipinski definition) is 5. The molecule has 0 heterocycles. The second-order valence-electron chi connectivity index (χ2n) is 8.04. The Kier molecular flexibility index (Phi) is 8.17. The van der Waals surface area contributed by atoms with Crippen molar-refractivity contribution in [1.82, 2.24) is 5.32 Å². The van der Waals surface area contributed by atoms with Gasteiger partial charge in [-0.1, -0.05) is 35.9 Å². The summed E-state index contributed by atoms with van der Waals surface area (Å²) in [7, 11) is -1.90. The van der Waals surface area contributed by atoms with Gasteiger partial charge in [-0.2, -0.15) is 0 Å². The average molecular weight is 483 g/mol. The molecule has 0 radical (unpaired) electrons. The first-order valence-corrected chi connectivity index (χ1v) is 12.7. The fraction of sp³-hybridized carbons (Fsp3) is 0.269. The predicted molar refractivity (Wildman–Crippen MR) is 134 cm³/mol. The lowest BCUT2D eigenvalue weighted by molar-refractivity contribution is 0.0947. The van der Waals surface area contributed by atoms with Crippen LogP contribution in [0.15, 0.2) is 66.7 Å². The third kappa shape index (κ3) is 6.74. The highest BCUT2D eigenvalue weighted by Crippen LogP contribution is 2.25. The molecule has 0 saturated heterocycles. The van der Waals surface area contributed by atoms with Gasteiger partial charge >= 0.3 is 0 Å². The molecule has 0 aliphatic heterocycles. The Balaban J connectivity index is 1.59. The minimum Gasteiger partial charge on any atom is -0.497 e. The van der Waals surface area contributed by atoms with Crippen molar-refractivity contribution >= 4 is 21.6 Å². The highest BCUT2D eigenvalue weighted by Gasteiger charge is 2.20. The van der Waals surface area contributed by atoms with E-state index in [1.54, 1.807) is 37.4 Å². The largest absolute Gasteiger partial charge is 0.497 e. The van der Waals surface area contributed by atoms with E-state index in [0.29, 0.717) is 35.9 Å². The van der Waals surface area contributed by atoms with Gasteiger partial charge in [-0.05, 0) is 55.3 Å². The Labute approximate surface area is 201 Å². The molecular formula is C26H30N2O5S. The number of carbonyl (C=O) groups is 1. The number of nitrogens with zero attached hydrogens (tertiary/aromatic N) is 1. The smallest absolute Gasteiger partial charge is 0.251 e. The maximum absolute atomic E-state index is 12.5. The van der Waals surface area contributed by atoms with Gasteiger partial charge < -0.3 is 14.8 Å². The van der Waals surface area contributed by atoms with Crippen LogP contribution in [-0.4, -0.2) is 40.8 Å². The first kappa shape index (κ1) is 25.1. The van der Waals surface area contributed by atoms with Gasteiger partial charge in [0.05, 0.1) is 32.1 Å². The molecule has 0 spiro atoms. The van der Waals surface area contributed by atoms with Crippen LogP contribution in [-0.2, 0) is 16.6 Å². The van der Waals surface area contributed by atoms with Gasteiger partial charge in [0.25, 0.3) is 5.91 Å². The Hall–Kier alpha value is -3.52. The van der Waals surface area contributed by atoms with Crippen LogP contribution in [0, 0.1) is 13.8 Å². The zero-order valence-electron chi connectivity index (χ0n) is 19.9. The number of methoxy groups -OCH3 is 1. The van der Waals surface area contributed by atoms with Crippen molar-refractivity contribution in [2.75, 3.05) is 30.8 Å². The molecule has 180 valence electrons. The standard InChI is InChI=1S/C26H30N2O5S/c1-19-8-13-25(20(2)16-19)28(34(4,30)31)18-21-9-11-22(12-10-21)26(29)27-14-15-33-24-7-5-6-23(17-24)32-3/h5-13,16-17H,14-15,18H2,1-4H3,(H,27,29). The van der Waals surface area contributed by atoms with Gasteiger partial charge in [-0.3, -0.25) is 9.10 Å². The number of ether oxygens (including phenoxy) is 2. The molecule has 0 fully saturated rings. The van der Waals surface area contributed by atoms with Gasteiger partial charge in [-0.15, -0.1) is 0 Å². The molecule has 3 aromatic carbocycles. The highest BCUT2D eigenvalue weighted by molar-refractivity contribution is 7.92. The van der Waals surface area contributed by atoms with E-state index in [9.17, 15) is 13.2 Å². The topological polar surface area (TPSA) is 84.9 Å². The van der Waals surface area contributed by atoms with E-state index in [1.165, 1.54) is 10.6 Å². The zero-order chi connectivity index (χ0) is 24.7. The number of benzene rings is 3. The molecule has 7 nitrogen and oxygen atoms in total. The van der Waals surface area contributed by atoms with E-state index in [-0.39, 0.29) is 12.5 Å². The molecule has 0 bridgehead atoms. The molecule has 0 saturated carbocycles.